The molecule has 1 heterocycles. The summed E-state index contributed by atoms with van der Waals surface area (Å²) in [7, 11) is -3.49. The fourth-order valence-corrected chi connectivity index (χ4v) is 5.41. The Morgan fingerprint density at radius 2 is 1.79 bits per heavy atom. The Morgan fingerprint density at radius 1 is 1.12 bits per heavy atom. The number of benzene rings is 2. The molecule has 2 aromatic carbocycles. The number of amides is 1. The van der Waals surface area contributed by atoms with Crippen LogP contribution in [0.1, 0.15) is 64.5 Å². The van der Waals surface area contributed by atoms with Gasteiger partial charge in [0.1, 0.15) is 17.1 Å². The van der Waals surface area contributed by atoms with Crippen molar-refractivity contribution >= 4 is 21.6 Å². The van der Waals surface area contributed by atoms with Gasteiger partial charge >= 0.3 is 0 Å². The molecule has 1 atom stereocenters. The summed E-state index contributed by atoms with van der Waals surface area (Å²) in [5, 5.41) is 3.17. The lowest BCUT2D eigenvalue weighted by molar-refractivity contribution is -0.122. The Labute approximate surface area is 203 Å². The number of fused-ring (bicyclic) bond motifs is 1. The Hall–Kier alpha value is -2.74. The predicted molar refractivity (Wildman–Crippen MR) is 135 cm³/mol. The number of ether oxygens (including phenoxy) is 2. The normalized spacial score (nSPS) is 16.8. The Bertz CT molecular complexity index is 1060. The minimum atomic E-state index is -3.49. The largest absolute Gasteiger partial charge is 0.494 e. The van der Waals surface area contributed by atoms with Gasteiger partial charge in [0.2, 0.25) is 15.9 Å². The zero-order valence-corrected chi connectivity index (χ0v) is 21.4. The van der Waals surface area contributed by atoms with Crippen molar-refractivity contribution < 1.29 is 22.7 Å². The van der Waals surface area contributed by atoms with E-state index in [1.165, 1.54) is 10.6 Å². The average molecular weight is 489 g/mol. The number of carbonyl (C=O) groups excluding carboxylic acids is 1. The Morgan fingerprint density at radius 3 is 2.41 bits per heavy atom. The number of hydrogen-bond donors (Lipinski definition) is 1. The zero-order valence-electron chi connectivity index (χ0n) is 20.5. The lowest BCUT2D eigenvalue weighted by Crippen LogP contribution is -2.44. The molecule has 186 valence electrons. The molecule has 3 rings (SSSR count). The molecule has 0 spiro atoms. The smallest absolute Gasteiger partial charge is 0.232 e. The first-order valence-corrected chi connectivity index (χ1v) is 13.8. The van der Waals surface area contributed by atoms with Crippen LogP contribution in [-0.4, -0.2) is 39.3 Å². The topological polar surface area (TPSA) is 84.9 Å². The molecule has 1 amide bonds. The van der Waals surface area contributed by atoms with Gasteiger partial charge in [0.05, 0.1) is 24.6 Å². The third-order valence-electron chi connectivity index (χ3n) is 6.42. The van der Waals surface area contributed by atoms with Crippen molar-refractivity contribution in [1.29, 1.82) is 0 Å². The molecule has 0 saturated heterocycles. The van der Waals surface area contributed by atoms with Gasteiger partial charge in [-0.25, -0.2) is 8.42 Å². The maximum absolute atomic E-state index is 12.9. The quantitative estimate of drug-likeness (QED) is 0.490. The number of para-hydroxylation sites is 1. The van der Waals surface area contributed by atoms with E-state index in [1.807, 2.05) is 31.2 Å². The molecule has 7 nitrogen and oxygen atoms in total. The number of nitrogens with zero attached hydrogens (tertiary/aromatic N) is 1. The second-order valence-corrected chi connectivity index (χ2v) is 10.6. The number of anilines is 1. The molecular weight excluding hydrogens is 452 g/mol. The van der Waals surface area contributed by atoms with Crippen molar-refractivity contribution in [3.05, 3.63) is 54.1 Å². The molecule has 1 N–H and O–H groups in total. The van der Waals surface area contributed by atoms with E-state index in [0.29, 0.717) is 30.9 Å². The highest BCUT2D eigenvalue weighted by Gasteiger charge is 2.38. The number of nitrogens with one attached hydrogen (secondary N) is 1. The molecule has 0 radical (unpaired) electrons. The highest BCUT2D eigenvalue weighted by atomic mass is 32.2. The molecule has 0 bridgehead atoms. The maximum atomic E-state index is 12.9. The summed E-state index contributed by atoms with van der Waals surface area (Å²) in [4.78, 5) is 12.9. The minimum absolute atomic E-state index is 0.0945. The van der Waals surface area contributed by atoms with E-state index in [9.17, 15) is 13.2 Å². The molecule has 0 fully saturated rings. The Balaban J connectivity index is 1.64. The lowest BCUT2D eigenvalue weighted by atomic mass is 9.83. The van der Waals surface area contributed by atoms with Gasteiger partial charge in [0, 0.05) is 24.9 Å². The van der Waals surface area contributed by atoms with E-state index in [2.05, 4.69) is 19.2 Å². The van der Waals surface area contributed by atoms with Crippen LogP contribution in [0.25, 0.3) is 0 Å². The second-order valence-electron chi connectivity index (χ2n) is 8.72. The van der Waals surface area contributed by atoms with E-state index >= 15 is 0 Å². The summed E-state index contributed by atoms with van der Waals surface area (Å²) in [5.74, 6) is 1.41. The summed E-state index contributed by atoms with van der Waals surface area (Å²) in [6.45, 7) is 6.87. The number of carbonyl (C=O) groups is 1. The molecule has 34 heavy (non-hydrogen) atoms. The summed E-state index contributed by atoms with van der Waals surface area (Å²) in [5.41, 5.74) is 1.24. The van der Waals surface area contributed by atoms with E-state index in [-0.39, 0.29) is 30.5 Å². The van der Waals surface area contributed by atoms with Crippen LogP contribution >= 0.6 is 0 Å². The van der Waals surface area contributed by atoms with Crippen molar-refractivity contribution in [2.45, 2.75) is 64.5 Å². The van der Waals surface area contributed by atoms with E-state index in [1.54, 1.807) is 24.3 Å². The molecule has 1 aliphatic rings. The fourth-order valence-electron chi connectivity index (χ4n) is 4.44. The van der Waals surface area contributed by atoms with Gasteiger partial charge in [-0.15, -0.1) is 0 Å². The van der Waals surface area contributed by atoms with Crippen molar-refractivity contribution in [2.24, 2.45) is 0 Å². The van der Waals surface area contributed by atoms with Gasteiger partial charge in [0.25, 0.3) is 0 Å². The maximum Gasteiger partial charge on any atom is 0.232 e. The molecule has 2 aromatic rings. The zero-order chi connectivity index (χ0) is 24.8. The minimum Gasteiger partial charge on any atom is -0.494 e. The van der Waals surface area contributed by atoms with Gasteiger partial charge in [-0.3, -0.25) is 9.10 Å². The molecule has 1 aliphatic heterocycles. The monoisotopic (exact) mass is 488 g/mol. The summed E-state index contributed by atoms with van der Waals surface area (Å²) in [6.07, 6.45) is 4.24. The molecule has 8 heteroatoms. The SMILES string of the molecule is CCOc1ccc(N(CCCC(=O)N[C@H]2CC(CC)(CC)Oc3ccccc32)S(C)(=O)=O)cc1. The van der Waals surface area contributed by atoms with Gasteiger partial charge in [-0.1, -0.05) is 32.0 Å². The van der Waals surface area contributed by atoms with Gasteiger partial charge < -0.3 is 14.8 Å². The van der Waals surface area contributed by atoms with E-state index in [0.717, 1.165) is 24.2 Å². The van der Waals surface area contributed by atoms with Crippen LogP contribution in [0, 0.1) is 0 Å². The highest BCUT2D eigenvalue weighted by Crippen LogP contribution is 2.42. The lowest BCUT2D eigenvalue weighted by Gasteiger charge is -2.41. The first kappa shape index (κ1) is 25.9. The van der Waals surface area contributed by atoms with Crippen LogP contribution in [-0.2, 0) is 14.8 Å². The molecule has 0 unspecified atom stereocenters. The highest BCUT2D eigenvalue weighted by molar-refractivity contribution is 7.92. The van der Waals surface area contributed by atoms with E-state index in [4.69, 9.17) is 9.47 Å². The molecule has 0 aromatic heterocycles. The number of rotatable bonds is 11. The standard InChI is InChI=1S/C26H36N2O5S/c1-5-26(6-2)19-23(22-11-8-9-12-24(22)33-26)27-25(29)13-10-18-28(34(4,30)31)20-14-16-21(17-15-20)32-7-3/h8-9,11-12,14-17,23H,5-7,10,13,18-19H2,1-4H3,(H,27,29)/t23-/m0/s1. The van der Waals surface area contributed by atoms with Gasteiger partial charge in [0.15, 0.2) is 0 Å². The number of hydrogen-bond acceptors (Lipinski definition) is 5. The average Bonchev–Trinajstić information content (AvgIpc) is 2.82. The first-order valence-electron chi connectivity index (χ1n) is 12.0. The summed E-state index contributed by atoms with van der Waals surface area (Å²) < 4.78 is 37.9. The number of sulfonamides is 1. The van der Waals surface area contributed by atoms with E-state index < -0.39 is 10.0 Å². The van der Waals surface area contributed by atoms with Crippen LogP contribution in [0.15, 0.2) is 48.5 Å². The summed E-state index contributed by atoms with van der Waals surface area (Å²) >= 11 is 0. The van der Waals surface area contributed by atoms with Crippen molar-refractivity contribution in [2.75, 3.05) is 23.7 Å². The third kappa shape index (κ3) is 6.23. The van der Waals surface area contributed by atoms with Crippen molar-refractivity contribution in [1.82, 2.24) is 5.32 Å². The van der Waals surface area contributed by atoms with Crippen LogP contribution in [0.3, 0.4) is 0 Å². The van der Waals surface area contributed by atoms with Crippen LogP contribution in [0.2, 0.25) is 0 Å². The van der Waals surface area contributed by atoms with Gasteiger partial charge in [-0.2, -0.15) is 0 Å². The van der Waals surface area contributed by atoms with Crippen molar-refractivity contribution in [3.8, 4) is 11.5 Å². The fraction of sp³-hybridized carbons (Fsp3) is 0.500. The molecule has 0 saturated carbocycles. The van der Waals surface area contributed by atoms with Crippen LogP contribution in [0.4, 0.5) is 5.69 Å². The molecule has 0 aliphatic carbocycles. The summed E-state index contributed by atoms with van der Waals surface area (Å²) in [6, 6.07) is 14.7. The van der Waals surface area contributed by atoms with Crippen LogP contribution < -0.4 is 19.1 Å². The Kier molecular flexibility index (Phi) is 8.47. The van der Waals surface area contributed by atoms with Gasteiger partial charge in [-0.05, 0) is 56.5 Å². The van der Waals surface area contributed by atoms with Crippen LogP contribution in [0.5, 0.6) is 11.5 Å². The molecular formula is C26H36N2O5S. The first-order chi connectivity index (χ1) is 16.2. The second kappa shape index (κ2) is 11.1. The predicted octanol–water partition coefficient (Wildman–Crippen LogP) is 4.83. The third-order valence-corrected chi connectivity index (χ3v) is 7.62. The van der Waals surface area contributed by atoms with Crippen molar-refractivity contribution in [3.63, 3.8) is 0 Å².